The fraction of sp³-hybridized carbons (Fsp3) is 0.0769. The Morgan fingerprint density at radius 1 is 1.33 bits per heavy atom. The molecule has 1 heterocycles. The van der Waals surface area contributed by atoms with Crippen LogP contribution in [0.5, 0.6) is 5.75 Å². The molecular formula is C13H13N3O2. The van der Waals surface area contributed by atoms with E-state index in [0.717, 1.165) is 0 Å². The van der Waals surface area contributed by atoms with Crippen molar-refractivity contribution in [1.29, 1.82) is 0 Å². The number of aromatic hydroxyl groups is 1. The van der Waals surface area contributed by atoms with Crippen LogP contribution in [-0.2, 0) is 11.2 Å². The molecule has 18 heavy (non-hydrogen) atoms. The van der Waals surface area contributed by atoms with Crippen LogP contribution in [0.1, 0.15) is 5.56 Å². The zero-order chi connectivity index (χ0) is 13.0. The van der Waals surface area contributed by atoms with Crippen LogP contribution in [0.3, 0.4) is 0 Å². The first-order valence-corrected chi connectivity index (χ1v) is 5.43. The summed E-state index contributed by atoms with van der Waals surface area (Å²) in [5, 5.41) is 12.2. The van der Waals surface area contributed by atoms with Gasteiger partial charge in [-0.1, -0.05) is 18.2 Å². The number of nitrogen functional groups attached to an aromatic ring is 1. The largest absolute Gasteiger partial charge is 0.508 e. The fourth-order valence-electron chi connectivity index (χ4n) is 1.55. The summed E-state index contributed by atoms with van der Waals surface area (Å²) in [5.74, 6) is -0.134. The quantitative estimate of drug-likeness (QED) is 0.763. The number of carbonyl (C=O) groups is 1. The van der Waals surface area contributed by atoms with Gasteiger partial charge in [0, 0.05) is 11.8 Å². The Balaban J connectivity index is 2.06. The van der Waals surface area contributed by atoms with Gasteiger partial charge in [-0.05, 0) is 12.1 Å². The first-order valence-electron chi connectivity index (χ1n) is 5.43. The number of aromatic nitrogens is 1. The van der Waals surface area contributed by atoms with E-state index in [-0.39, 0.29) is 18.1 Å². The van der Waals surface area contributed by atoms with Crippen molar-refractivity contribution in [2.24, 2.45) is 0 Å². The van der Waals surface area contributed by atoms with Gasteiger partial charge in [-0.2, -0.15) is 0 Å². The normalized spacial score (nSPS) is 10.0. The minimum Gasteiger partial charge on any atom is -0.508 e. The van der Waals surface area contributed by atoms with Crippen LogP contribution >= 0.6 is 0 Å². The van der Waals surface area contributed by atoms with E-state index in [4.69, 9.17) is 5.73 Å². The van der Waals surface area contributed by atoms with Crippen molar-refractivity contribution in [1.82, 2.24) is 4.98 Å². The van der Waals surface area contributed by atoms with Crippen LogP contribution in [0.2, 0.25) is 0 Å². The van der Waals surface area contributed by atoms with E-state index >= 15 is 0 Å². The fourth-order valence-corrected chi connectivity index (χ4v) is 1.55. The van der Waals surface area contributed by atoms with Crippen molar-refractivity contribution >= 4 is 17.3 Å². The van der Waals surface area contributed by atoms with Crippen molar-refractivity contribution < 1.29 is 9.90 Å². The molecule has 0 unspecified atom stereocenters. The number of anilines is 2. The van der Waals surface area contributed by atoms with Crippen LogP contribution in [0.4, 0.5) is 11.4 Å². The molecule has 4 N–H and O–H groups in total. The third-order valence-corrected chi connectivity index (χ3v) is 2.47. The summed E-state index contributed by atoms with van der Waals surface area (Å²) in [6.07, 6.45) is 3.11. The molecule has 5 heteroatoms. The van der Waals surface area contributed by atoms with Gasteiger partial charge < -0.3 is 16.2 Å². The Morgan fingerprint density at radius 2 is 2.11 bits per heavy atom. The highest BCUT2D eigenvalue weighted by molar-refractivity contribution is 5.95. The molecule has 0 saturated heterocycles. The van der Waals surface area contributed by atoms with Crippen LogP contribution in [0, 0.1) is 0 Å². The maximum Gasteiger partial charge on any atom is 0.228 e. The number of carbonyl (C=O) groups excluding carboxylic acids is 1. The average molecular weight is 243 g/mol. The second-order valence-corrected chi connectivity index (χ2v) is 3.82. The molecule has 0 fully saturated rings. The highest BCUT2D eigenvalue weighted by Crippen LogP contribution is 2.18. The summed E-state index contributed by atoms with van der Waals surface area (Å²) in [4.78, 5) is 15.6. The Hall–Kier alpha value is -2.56. The highest BCUT2D eigenvalue weighted by Gasteiger charge is 2.08. The van der Waals surface area contributed by atoms with Crippen molar-refractivity contribution in [3.8, 4) is 5.75 Å². The average Bonchev–Trinajstić information content (AvgIpc) is 2.35. The summed E-state index contributed by atoms with van der Waals surface area (Å²) in [5.41, 5.74) is 7.16. The lowest BCUT2D eigenvalue weighted by Crippen LogP contribution is -2.15. The number of phenolic OH excluding ortho intramolecular Hbond substituents is 1. The second-order valence-electron chi connectivity index (χ2n) is 3.82. The zero-order valence-corrected chi connectivity index (χ0v) is 9.63. The number of pyridine rings is 1. The maximum atomic E-state index is 11.8. The van der Waals surface area contributed by atoms with Gasteiger partial charge in [0.1, 0.15) is 5.75 Å². The van der Waals surface area contributed by atoms with Crippen LogP contribution in [0.25, 0.3) is 0 Å². The Kier molecular flexibility index (Phi) is 3.43. The van der Waals surface area contributed by atoms with E-state index in [1.54, 1.807) is 36.5 Å². The van der Waals surface area contributed by atoms with Crippen LogP contribution < -0.4 is 11.1 Å². The van der Waals surface area contributed by atoms with Crippen molar-refractivity contribution in [2.75, 3.05) is 11.1 Å². The molecular weight excluding hydrogens is 230 g/mol. The number of nitrogens with one attached hydrogen (secondary N) is 1. The number of nitrogens with two attached hydrogens (primary N) is 1. The van der Waals surface area contributed by atoms with Gasteiger partial charge in [0.25, 0.3) is 0 Å². The molecule has 0 atom stereocenters. The Bertz CT molecular complexity index is 520. The summed E-state index contributed by atoms with van der Waals surface area (Å²) in [6, 6.07) is 8.34. The summed E-state index contributed by atoms with van der Waals surface area (Å²) >= 11 is 0. The SMILES string of the molecule is Nc1cnccc1NC(=O)Cc1ccccc1O. The molecule has 2 aromatic rings. The van der Waals surface area contributed by atoms with Gasteiger partial charge in [0.05, 0.1) is 24.0 Å². The van der Waals surface area contributed by atoms with Crippen molar-refractivity contribution in [3.05, 3.63) is 48.3 Å². The molecule has 1 aromatic carbocycles. The molecule has 1 amide bonds. The lowest BCUT2D eigenvalue weighted by Gasteiger charge is -2.08. The van der Waals surface area contributed by atoms with E-state index < -0.39 is 0 Å². The van der Waals surface area contributed by atoms with Gasteiger partial charge in [-0.15, -0.1) is 0 Å². The topological polar surface area (TPSA) is 88.2 Å². The number of para-hydroxylation sites is 1. The van der Waals surface area contributed by atoms with Gasteiger partial charge in [-0.25, -0.2) is 0 Å². The van der Waals surface area contributed by atoms with Crippen molar-refractivity contribution in [3.63, 3.8) is 0 Å². The molecule has 2 rings (SSSR count). The molecule has 0 spiro atoms. The molecule has 0 saturated carbocycles. The lowest BCUT2D eigenvalue weighted by atomic mass is 10.1. The van der Waals surface area contributed by atoms with E-state index in [1.807, 2.05) is 0 Å². The Morgan fingerprint density at radius 3 is 2.83 bits per heavy atom. The van der Waals surface area contributed by atoms with E-state index in [1.165, 1.54) is 6.20 Å². The minimum absolute atomic E-state index is 0.0917. The molecule has 0 aliphatic rings. The van der Waals surface area contributed by atoms with Gasteiger partial charge in [-0.3, -0.25) is 9.78 Å². The maximum absolute atomic E-state index is 11.8. The predicted octanol–water partition coefficient (Wildman–Crippen LogP) is 1.55. The number of nitrogens with zero attached hydrogens (tertiary/aromatic N) is 1. The van der Waals surface area contributed by atoms with E-state index in [9.17, 15) is 9.90 Å². The number of hydrogen-bond acceptors (Lipinski definition) is 4. The molecule has 0 aliphatic heterocycles. The number of rotatable bonds is 3. The molecule has 0 bridgehead atoms. The van der Waals surface area contributed by atoms with Crippen LogP contribution in [-0.4, -0.2) is 16.0 Å². The summed E-state index contributed by atoms with van der Waals surface area (Å²) in [6.45, 7) is 0. The van der Waals surface area contributed by atoms with Gasteiger partial charge in [0.15, 0.2) is 0 Å². The number of hydrogen-bond donors (Lipinski definition) is 3. The monoisotopic (exact) mass is 243 g/mol. The zero-order valence-electron chi connectivity index (χ0n) is 9.63. The second kappa shape index (κ2) is 5.18. The summed E-state index contributed by atoms with van der Waals surface area (Å²) < 4.78 is 0. The smallest absolute Gasteiger partial charge is 0.228 e. The lowest BCUT2D eigenvalue weighted by molar-refractivity contribution is -0.115. The number of benzene rings is 1. The number of amides is 1. The molecule has 0 aliphatic carbocycles. The van der Waals surface area contributed by atoms with Gasteiger partial charge in [0.2, 0.25) is 5.91 Å². The minimum atomic E-state index is -0.241. The first kappa shape index (κ1) is 11.9. The third-order valence-electron chi connectivity index (χ3n) is 2.47. The van der Waals surface area contributed by atoms with Gasteiger partial charge >= 0.3 is 0 Å². The standard InChI is InChI=1S/C13H13N3O2/c14-10-8-15-6-5-11(10)16-13(18)7-9-3-1-2-4-12(9)17/h1-6,8,17H,7,14H2,(H,15,16,18). The Labute approximate surface area is 104 Å². The molecule has 5 nitrogen and oxygen atoms in total. The number of phenols is 1. The van der Waals surface area contributed by atoms with E-state index in [2.05, 4.69) is 10.3 Å². The molecule has 1 aromatic heterocycles. The van der Waals surface area contributed by atoms with Crippen LogP contribution in [0.15, 0.2) is 42.7 Å². The molecule has 92 valence electrons. The summed E-state index contributed by atoms with van der Waals surface area (Å²) in [7, 11) is 0. The predicted molar refractivity (Wildman–Crippen MR) is 69.1 cm³/mol. The third kappa shape index (κ3) is 2.76. The van der Waals surface area contributed by atoms with E-state index in [0.29, 0.717) is 16.9 Å². The first-order chi connectivity index (χ1) is 8.66. The molecule has 0 radical (unpaired) electrons. The van der Waals surface area contributed by atoms with Crippen molar-refractivity contribution in [2.45, 2.75) is 6.42 Å². The highest BCUT2D eigenvalue weighted by atomic mass is 16.3.